The van der Waals surface area contributed by atoms with Crippen LogP contribution in [0.15, 0.2) is 0 Å². The molecule has 2 amide bonds. The molecule has 19 heavy (non-hydrogen) atoms. The third-order valence-electron chi connectivity index (χ3n) is 2.97. The van der Waals surface area contributed by atoms with Crippen molar-refractivity contribution in [2.24, 2.45) is 5.92 Å². The van der Waals surface area contributed by atoms with Crippen molar-refractivity contribution in [1.29, 1.82) is 0 Å². The Bertz CT molecular complexity index is 306. The zero-order valence-electron chi connectivity index (χ0n) is 12.8. The van der Waals surface area contributed by atoms with Crippen LogP contribution in [-0.4, -0.2) is 66.2 Å². The number of carbonyl (C=O) groups is 2. The second-order valence-electron chi connectivity index (χ2n) is 5.41. The van der Waals surface area contributed by atoms with Crippen molar-refractivity contribution < 1.29 is 14.7 Å². The summed E-state index contributed by atoms with van der Waals surface area (Å²) in [7, 11) is 3.88. The van der Waals surface area contributed by atoms with Crippen LogP contribution in [0.1, 0.15) is 27.7 Å². The maximum atomic E-state index is 12.1. The van der Waals surface area contributed by atoms with Crippen molar-refractivity contribution in [1.82, 2.24) is 15.1 Å². The van der Waals surface area contributed by atoms with Gasteiger partial charge in [0.15, 0.2) is 0 Å². The molecule has 0 heterocycles. The number of aliphatic carboxylic acids is 1. The van der Waals surface area contributed by atoms with E-state index in [1.165, 1.54) is 0 Å². The molecule has 2 atom stereocenters. The highest BCUT2D eigenvalue weighted by Crippen LogP contribution is 2.06. The van der Waals surface area contributed by atoms with Gasteiger partial charge in [-0.15, -0.1) is 0 Å². The van der Waals surface area contributed by atoms with Gasteiger partial charge in [-0.3, -0.25) is 0 Å². The summed E-state index contributed by atoms with van der Waals surface area (Å²) >= 11 is 0. The summed E-state index contributed by atoms with van der Waals surface area (Å²) in [5.41, 5.74) is 0. The Morgan fingerprint density at radius 2 is 1.74 bits per heavy atom. The Kier molecular flexibility index (Phi) is 7.44. The number of hydrogen-bond acceptors (Lipinski definition) is 3. The highest BCUT2D eigenvalue weighted by Gasteiger charge is 2.27. The van der Waals surface area contributed by atoms with E-state index in [1.54, 1.807) is 18.7 Å². The Morgan fingerprint density at radius 1 is 1.21 bits per heavy atom. The van der Waals surface area contributed by atoms with Crippen molar-refractivity contribution in [3.8, 4) is 0 Å². The predicted molar refractivity (Wildman–Crippen MR) is 75.2 cm³/mol. The molecule has 6 heteroatoms. The van der Waals surface area contributed by atoms with Crippen molar-refractivity contribution in [2.75, 3.05) is 27.2 Å². The second kappa shape index (κ2) is 7.99. The molecule has 0 saturated carbocycles. The molecule has 2 N–H and O–H groups in total. The van der Waals surface area contributed by atoms with E-state index in [-0.39, 0.29) is 18.0 Å². The van der Waals surface area contributed by atoms with Crippen LogP contribution in [0.5, 0.6) is 0 Å². The summed E-state index contributed by atoms with van der Waals surface area (Å²) in [6, 6.07) is -1.15. The molecule has 0 aliphatic heterocycles. The van der Waals surface area contributed by atoms with E-state index < -0.39 is 12.0 Å². The standard InChI is InChI=1S/C13H27N3O3/c1-7-16(10(4)8-15(5)6)13(19)14-11(9(2)3)12(17)18/h9-11H,7-8H2,1-6H3,(H,14,19)(H,17,18)/t10?,11-/m1/s1. The van der Waals surface area contributed by atoms with Crippen molar-refractivity contribution in [3.63, 3.8) is 0 Å². The molecule has 0 aliphatic carbocycles. The van der Waals surface area contributed by atoms with Gasteiger partial charge in [-0.05, 0) is 33.9 Å². The summed E-state index contributed by atoms with van der Waals surface area (Å²) in [4.78, 5) is 26.9. The second-order valence-corrected chi connectivity index (χ2v) is 5.41. The van der Waals surface area contributed by atoms with Gasteiger partial charge >= 0.3 is 12.0 Å². The van der Waals surface area contributed by atoms with E-state index in [1.807, 2.05) is 32.8 Å². The third-order valence-corrected chi connectivity index (χ3v) is 2.97. The van der Waals surface area contributed by atoms with Gasteiger partial charge in [0.05, 0.1) is 0 Å². The molecule has 0 spiro atoms. The van der Waals surface area contributed by atoms with Crippen LogP contribution in [0.4, 0.5) is 4.79 Å². The predicted octanol–water partition coefficient (Wildman–Crippen LogP) is 1.08. The molecule has 0 aromatic carbocycles. The maximum absolute atomic E-state index is 12.1. The van der Waals surface area contributed by atoms with E-state index in [4.69, 9.17) is 5.11 Å². The van der Waals surface area contributed by atoms with Crippen molar-refractivity contribution in [3.05, 3.63) is 0 Å². The fourth-order valence-corrected chi connectivity index (χ4v) is 2.01. The summed E-state index contributed by atoms with van der Waals surface area (Å²) < 4.78 is 0. The smallest absolute Gasteiger partial charge is 0.326 e. The molecule has 0 aromatic rings. The Hall–Kier alpha value is -1.30. The molecular weight excluding hydrogens is 246 g/mol. The number of urea groups is 1. The minimum atomic E-state index is -1.00. The molecule has 0 saturated heterocycles. The van der Waals surface area contributed by atoms with Gasteiger partial charge in [-0.25, -0.2) is 9.59 Å². The Balaban J connectivity index is 4.71. The van der Waals surface area contributed by atoms with Crippen LogP contribution < -0.4 is 5.32 Å². The van der Waals surface area contributed by atoms with Gasteiger partial charge in [0.2, 0.25) is 0 Å². The zero-order valence-corrected chi connectivity index (χ0v) is 12.8. The lowest BCUT2D eigenvalue weighted by Crippen LogP contribution is -2.53. The summed E-state index contributed by atoms with van der Waals surface area (Å²) in [6.45, 7) is 8.67. The van der Waals surface area contributed by atoms with E-state index >= 15 is 0 Å². The molecule has 6 nitrogen and oxygen atoms in total. The number of carboxylic acids is 1. The Morgan fingerprint density at radius 3 is 2.05 bits per heavy atom. The van der Waals surface area contributed by atoms with Gasteiger partial charge in [0.1, 0.15) is 6.04 Å². The van der Waals surface area contributed by atoms with Gasteiger partial charge in [-0.2, -0.15) is 0 Å². The van der Waals surface area contributed by atoms with Crippen LogP contribution in [0.2, 0.25) is 0 Å². The third kappa shape index (κ3) is 5.92. The average molecular weight is 273 g/mol. The molecule has 112 valence electrons. The number of rotatable bonds is 7. The van der Waals surface area contributed by atoms with Gasteiger partial charge in [0, 0.05) is 19.1 Å². The average Bonchev–Trinajstić information content (AvgIpc) is 2.24. The largest absolute Gasteiger partial charge is 0.480 e. The topological polar surface area (TPSA) is 72.9 Å². The first-order valence-corrected chi connectivity index (χ1v) is 6.65. The van der Waals surface area contributed by atoms with E-state index in [9.17, 15) is 9.59 Å². The number of nitrogens with one attached hydrogen (secondary N) is 1. The summed E-state index contributed by atoms with van der Waals surface area (Å²) in [6.07, 6.45) is 0. The lowest BCUT2D eigenvalue weighted by atomic mass is 10.1. The zero-order chi connectivity index (χ0) is 15.2. The normalized spacial score (nSPS) is 14.3. The maximum Gasteiger partial charge on any atom is 0.326 e. The number of carbonyl (C=O) groups excluding carboxylic acids is 1. The minimum absolute atomic E-state index is 0.0293. The number of likely N-dealkylation sites (N-methyl/N-ethyl adjacent to an activating group) is 2. The van der Waals surface area contributed by atoms with Gasteiger partial charge in [-0.1, -0.05) is 13.8 Å². The highest BCUT2D eigenvalue weighted by atomic mass is 16.4. The van der Waals surface area contributed by atoms with Gasteiger partial charge < -0.3 is 20.2 Å². The first kappa shape index (κ1) is 17.7. The fourth-order valence-electron chi connectivity index (χ4n) is 2.01. The number of amides is 2. The molecular formula is C13H27N3O3. The van der Waals surface area contributed by atoms with Gasteiger partial charge in [0.25, 0.3) is 0 Å². The molecule has 0 rings (SSSR count). The minimum Gasteiger partial charge on any atom is -0.480 e. The molecule has 0 aliphatic rings. The number of nitrogens with zero attached hydrogens (tertiary/aromatic N) is 2. The number of hydrogen-bond donors (Lipinski definition) is 2. The van der Waals surface area contributed by atoms with E-state index in [0.717, 1.165) is 6.54 Å². The molecule has 0 aromatic heterocycles. The van der Waals surface area contributed by atoms with Crippen molar-refractivity contribution in [2.45, 2.75) is 39.8 Å². The quantitative estimate of drug-likeness (QED) is 0.728. The molecule has 1 unspecified atom stereocenters. The van der Waals surface area contributed by atoms with Crippen LogP contribution in [0, 0.1) is 5.92 Å². The number of carboxylic acid groups (broad SMARTS) is 1. The summed E-state index contributed by atoms with van der Waals surface area (Å²) in [5, 5.41) is 11.7. The highest BCUT2D eigenvalue weighted by molar-refractivity contribution is 5.82. The first-order chi connectivity index (χ1) is 8.70. The van der Waals surface area contributed by atoms with Crippen molar-refractivity contribution >= 4 is 12.0 Å². The van der Waals surface area contributed by atoms with Crippen LogP contribution >= 0.6 is 0 Å². The molecule has 0 bridgehead atoms. The Labute approximate surface area is 115 Å². The van der Waals surface area contributed by atoms with Crippen LogP contribution in [0.25, 0.3) is 0 Å². The summed E-state index contributed by atoms with van der Waals surface area (Å²) in [5.74, 6) is -1.15. The SMILES string of the molecule is CCN(C(=O)N[C@@H](C(=O)O)C(C)C)C(C)CN(C)C. The lowest BCUT2D eigenvalue weighted by Gasteiger charge is -2.31. The molecule has 0 fully saturated rings. The first-order valence-electron chi connectivity index (χ1n) is 6.65. The van der Waals surface area contributed by atoms with E-state index in [0.29, 0.717) is 6.54 Å². The lowest BCUT2D eigenvalue weighted by molar-refractivity contribution is -0.140. The fraction of sp³-hybridized carbons (Fsp3) is 0.846. The molecule has 0 radical (unpaired) electrons. The van der Waals surface area contributed by atoms with E-state index in [2.05, 4.69) is 5.32 Å². The van der Waals surface area contributed by atoms with Crippen LogP contribution in [0.3, 0.4) is 0 Å². The monoisotopic (exact) mass is 273 g/mol. The van der Waals surface area contributed by atoms with Crippen LogP contribution in [-0.2, 0) is 4.79 Å².